The van der Waals surface area contributed by atoms with Crippen molar-refractivity contribution in [1.82, 2.24) is 4.98 Å². The van der Waals surface area contributed by atoms with E-state index >= 15 is 0 Å². The first-order valence-corrected chi connectivity index (χ1v) is 8.95. The predicted octanol–water partition coefficient (Wildman–Crippen LogP) is 2.26. The maximum Gasteiger partial charge on any atom is 0.235 e. The molecule has 102 valence electrons. The monoisotopic (exact) mass is 315 g/mol. The second-order valence-corrected chi connectivity index (χ2v) is 7.58. The fourth-order valence-electron chi connectivity index (χ4n) is 1.29. The molecule has 2 rings (SSSR count). The summed E-state index contributed by atoms with van der Waals surface area (Å²) in [4.78, 5) is 4.88. The van der Waals surface area contributed by atoms with Crippen LogP contribution < -0.4 is 10.5 Å². The molecule has 2 aromatic rings. The summed E-state index contributed by atoms with van der Waals surface area (Å²) in [7, 11) is -3.33. The Bertz CT molecular complexity index is 609. The minimum atomic E-state index is -3.33. The number of nitrogens with zero attached hydrogens (tertiary/aromatic N) is 1. The van der Waals surface area contributed by atoms with E-state index in [1.807, 2.05) is 12.1 Å². The van der Waals surface area contributed by atoms with Crippen molar-refractivity contribution in [3.8, 4) is 0 Å². The van der Waals surface area contributed by atoms with E-state index in [9.17, 15) is 8.42 Å². The van der Waals surface area contributed by atoms with E-state index in [4.69, 9.17) is 5.73 Å². The third kappa shape index (κ3) is 4.73. The Morgan fingerprint density at radius 1 is 1.32 bits per heavy atom. The van der Waals surface area contributed by atoms with Gasteiger partial charge in [0.2, 0.25) is 10.0 Å². The Hall–Kier alpha value is -1.25. The summed E-state index contributed by atoms with van der Waals surface area (Å²) in [5, 5.41) is 2.12. The molecule has 1 heterocycles. The number of nitrogens with one attached hydrogen (secondary N) is 1. The SMILES string of the molecule is Nc1ccc(SCCS(=O)(=O)Nc2nccs2)cc1. The van der Waals surface area contributed by atoms with Crippen LogP contribution in [0, 0.1) is 0 Å². The normalized spacial score (nSPS) is 11.4. The van der Waals surface area contributed by atoms with Gasteiger partial charge >= 0.3 is 0 Å². The molecule has 1 aromatic carbocycles. The van der Waals surface area contributed by atoms with E-state index < -0.39 is 10.0 Å². The molecule has 0 saturated carbocycles. The Labute approximate surface area is 120 Å². The third-order valence-electron chi connectivity index (χ3n) is 2.18. The van der Waals surface area contributed by atoms with Gasteiger partial charge in [0.05, 0.1) is 5.75 Å². The Morgan fingerprint density at radius 2 is 2.05 bits per heavy atom. The number of anilines is 2. The predicted molar refractivity (Wildman–Crippen MR) is 81.1 cm³/mol. The number of sulfonamides is 1. The maximum absolute atomic E-state index is 11.8. The van der Waals surface area contributed by atoms with Crippen LogP contribution in [0.4, 0.5) is 10.8 Å². The van der Waals surface area contributed by atoms with E-state index in [-0.39, 0.29) is 5.75 Å². The van der Waals surface area contributed by atoms with Gasteiger partial charge in [0.25, 0.3) is 0 Å². The molecule has 8 heteroatoms. The zero-order valence-electron chi connectivity index (χ0n) is 9.94. The standard InChI is InChI=1S/C11H13N3O2S3/c12-9-1-3-10(4-2-9)17-7-8-19(15,16)14-11-13-5-6-18-11/h1-6H,7-8,12H2,(H,13,14). The number of nitrogen functional groups attached to an aromatic ring is 1. The van der Waals surface area contributed by atoms with Crippen molar-refractivity contribution in [3.05, 3.63) is 35.8 Å². The van der Waals surface area contributed by atoms with Crippen molar-refractivity contribution in [1.29, 1.82) is 0 Å². The smallest absolute Gasteiger partial charge is 0.235 e. The lowest BCUT2D eigenvalue weighted by atomic mass is 10.3. The topological polar surface area (TPSA) is 85.1 Å². The molecule has 5 nitrogen and oxygen atoms in total. The van der Waals surface area contributed by atoms with Crippen LogP contribution in [0.25, 0.3) is 0 Å². The first kappa shape index (κ1) is 14.2. The molecule has 0 amide bonds. The lowest BCUT2D eigenvalue weighted by molar-refractivity contribution is 0.602. The van der Waals surface area contributed by atoms with Gasteiger partial charge in [-0.1, -0.05) is 0 Å². The van der Waals surface area contributed by atoms with Crippen LogP contribution in [-0.2, 0) is 10.0 Å². The Morgan fingerprint density at radius 3 is 2.68 bits per heavy atom. The number of rotatable bonds is 6. The molecule has 3 N–H and O–H groups in total. The molecule has 0 aliphatic rings. The number of hydrogen-bond donors (Lipinski definition) is 2. The van der Waals surface area contributed by atoms with Crippen LogP contribution in [0.15, 0.2) is 40.7 Å². The van der Waals surface area contributed by atoms with Crippen molar-refractivity contribution in [2.45, 2.75) is 4.90 Å². The average Bonchev–Trinajstić information content (AvgIpc) is 2.83. The molecule has 0 radical (unpaired) electrons. The van der Waals surface area contributed by atoms with Gasteiger partial charge in [0.1, 0.15) is 0 Å². The molecule has 0 fully saturated rings. The number of benzene rings is 1. The van der Waals surface area contributed by atoms with Crippen LogP contribution in [0.2, 0.25) is 0 Å². The van der Waals surface area contributed by atoms with Gasteiger partial charge in [0.15, 0.2) is 5.13 Å². The van der Waals surface area contributed by atoms with E-state index in [0.717, 1.165) is 4.90 Å². The molecule has 0 aliphatic heterocycles. The summed E-state index contributed by atoms with van der Waals surface area (Å²) >= 11 is 2.74. The van der Waals surface area contributed by atoms with Crippen molar-refractivity contribution in [2.24, 2.45) is 0 Å². The van der Waals surface area contributed by atoms with Gasteiger partial charge in [-0.25, -0.2) is 13.4 Å². The van der Waals surface area contributed by atoms with E-state index in [1.165, 1.54) is 23.1 Å². The molecular weight excluding hydrogens is 302 g/mol. The van der Waals surface area contributed by atoms with Gasteiger partial charge in [-0.05, 0) is 24.3 Å². The van der Waals surface area contributed by atoms with Gasteiger partial charge in [-0.3, -0.25) is 4.72 Å². The highest BCUT2D eigenvalue weighted by Gasteiger charge is 2.11. The van der Waals surface area contributed by atoms with Crippen LogP contribution in [-0.4, -0.2) is 24.9 Å². The molecule has 0 atom stereocenters. The molecule has 19 heavy (non-hydrogen) atoms. The Kier molecular flexibility index (Phi) is 4.67. The van der Waals surface area contributed by atoms with E-state index in [2.05, 4.69) is 9.71 Å². The summed E-state index contributed by atoms with van der Waals surface area (Å²) < 4.78 is 26.0. The highest BCUT2D eigenvalue weighted by molar-refractivity contribution is 8.01. The quantitative estimate of drug-likeness (QED) is 0.631. The number of aromatic nitrogens is 1. The van der Waals surface area contributed by atoms with Gasteiger partial charge in [0, 0.05) is 27.9 Å². The zero-order chi connectivity index (χ0) is 13.7. The van der Waals surface area contributed by atoms with Crippen LogP contribution in [0.3, 0.4) is 0 Å². The molecule has 0 aliphatic carbocycles. The summed E-state index contributed by atoms with van der Waals surface area (Å²) in [5.74, 6) is 0.520. The summed E-state index contributed by atoms with van der Waals surface area (Å²) in [6.45, 7) is 0. The van der Waals surface area contributed by atoms with Crippen molar-refractivity contribution < 1.29 is 8.42 Å². The lowest BCUT2D eigenvalue weighted by Crippen LogP contribution is -2.17. The molecule has 0 unspecified atom stereocenters. The Balaban J connectivity index is 1.83. The lowest BCUT2D eigenvalue weighted by Gasteiger charge is -2.05. The second-order valence-electron chi connectivity index (χ2n) is 3.68. The van der Waals surface area contributed by atoms with Crippen molar-refractivity contribution in [3.63, 3.8) is 0 Å². The number of nitrogens with two attached hydrogens (primary N) is 1. The summed E-state index contributed by atoms with van der Waals surface area (Å²) in [5.41, 5.74) is 6.28. The van der Waals surface area contributed by atoms with Gasteiger partial charge in [-0.2, -0.15) is 0 Å². The minimum absolute atomic E-state index is 0.0433. The summed E-state index contributed by atoms with van der Waals surface area (Å²) in [6, 6.07) is 7.34. The molecule has 0 saturated heterocycles. The molecule has 0 spiro atoms. The van der Waals surface area contributed by atoms with Crippen LogP contribution in [0.1, 0.15) is 0 Å². The van der Waals surface area contributed by atoms with Crippen LogP contribution >= 0.6 is 23.1 Å². The van der Waals surface area contributed by atoms with Crippen molar-refractivity contribution >= 4 is 43.9 Å². The van der Waals surface area contributed by atoms with E-state index in [1.54, 1.807) is 23.7 Å². The first-order valence-electron chi connectivity index (χ1n) is 5.43. The number of thioether (sulfide) groups is 1. The first-order chi connectivity index (χ1) is 9.05. The highest BCUT2D eigenvalue weighted by atomic mass is 32.2. The largest absolute Gasteiger partial charge is 0.399 e. The maximum atomic E-state index is 11.8. The second kappa shape index (κ2) is 6.27. The molecule has 0 bridgehead atoms. The third-order valence-corrected chi connectivity index (χ3v) is 5.51. The fraction of sp³-hybridized carbons (Fsp3) is 0.182. The van der Waals surface area contributed by atoms with Crippen LogP contribution in [0.5, 0.6) is 0 Å². The summed E-state index contributed by atoms with van der Waals surface area (Å²) in [6.07, 6.45) is 1.56. The van der Waals surface area contributed by atoms with Gasteiger partial charge in [-0.15, -0.1) is 23.1 Å². The van der Waals surface area contributed by atoms with E-state index in [0.29, 0.717) is 16.6 Å². The highest BCUT2D eigenvalue weighted by Crippen LogP contribution is 2.20. The zero-order valence-corrected chi connectivity index (χ0v) is 12.4. The molecular formula is C11H13N3O2S3. The minimum Gasteiger partial charge on any atom is -0.399 e. The number of hydrogen-bond acceptors (Lipinski definition) is 6. The molecule has 1 aromatic heterocycles. The average molecular weight is 315 g/mol. The van der Waals surface area contributed by atoms with Crippen molar-refractivity contribution in [2.75, 3.05) is 22.0 Å². The van der Waals surface area contributed by atoms with Gasteiger partial charge < -0.3 is 5.73 Å². The number of thiazole rings is 1. The fourth-order valence-corrected chi connectivity index (χ4v) is 4.43.